The van der Waals surface area contributed by atoms with E-state index in [4.69, 9.17) is 10.5 Å². The first-order valence-electron chi connectivity index (χ1n) is 5.92. The van der Waals surface area contributed by atoms with Crippen LogP contribution in [-0.2, 0) is 0 Å². The van der Waals surface area contributed by atoms with E-state index in [1.54, 1.807) is 48.5 Å². The number of nitrogens with zero attached hydrogens (tertiary/aromatic N) is 1. The lowest BCUT2D eigenvalue weighted by molar-refractivity contribution is 0.249. The number of rotatable bonds is 5. The molecule has 0 radical (unpaired) electrons. The second-order valence-corrected chi connectivity index (χ2v) is 4.58. The average Bonchev–Trinajstić information content (AvgIpc) is 2.49. The minimum atomic E-state index is -0.721. The van der Waals surface area contributed by atoms with E-state index in [9.17, 15) is 8.68 Å². The molecule has 0 bridgehead atoms. The predicted octanol–water partition coefficient (Wildman–Crippen LogP) is 3.46. The average molecular weight is 305 g/mol. The molecule has 0 fully saturated rings. The lowest BCUT2D eigenvalue weighted by Gasteiger charge is -2.06. The van der Waals surface area contributed by atoms with Gasteiger partial charge in [-0.3, -0.25) is 0 Å². The Morgan fingerprint density at radius 2 is 1.71 bits per heavy atom. The van der Waals surface area contributed by atoms with E-state index in [1.165, 1.54) is 6.21 Å². The molecule has 0 aromatic heterocycles. The van der Waals surface area contributed by atoms with E-state index >= 15 is 0 Å². The van der Waals surface area contributed by atoms with E-state index in [0.717, 1.165) is 5.56 Å². The molecule has 0 heterocycles. The minimum absolute atomic E-state index is 0.186. The molecule has 0 atom stereocenters. The van der Waals surface area contributed by atoms with Crippen LogP contribution in [0.1, 0.15) is 5.56 Å². The van der Waals surface area contributed by atoms with Crippen LogP contribution in [0.2, 0.25) is 0 Å². The predicted molar refractivity (Wildman–Crippen MR) is 80.2 cm³/mol. The number of benzene rings is 2. The molecule has 2 aromatic carbocycles. The summed E-state index contributed by atoms with van der Waals surface area (Å²) in [5.41, 5.74) is 7.76. The van der Waals surface area contributed by atoms with Crippen molar-refractivity contribution in [2.24, 2.45) is 10.8 Å². The molecule has 0 saturated carbocycles. The van der Waals surface area contributed by atoms with Crippen molar-refractivity contribution in [3.63, 3.8) is 0 Å². The summed E-state index contributed by atoms with van der Waals surface area (Å²) < 4.78 is 17.9. The fourth-order valence-electron chi connectivity index (χ4n) is 1.49. The Bertz CT molecular complexity index is 630. The molecule has 7 heteroatoms. The van der Waals surface area contributed by atoms with Gasteiger partial charge in [-0.05, 0) is 54.1 Å². The quantitative estimate of drug-likeness (QED) is 0.656. The SMILES string of the molecule is NC(=O)NN=Cc1ccc(Oc2ccc(SF)cc2)cc1. The summed E-state index contributed by atoms with van der Waals surface area (Å²) in [6, 6.07) is 13.0. The van der Waals surface area contributed by atoms with Crippen LogP contribution in [0, 0.1) is 0 Å². The molecule has 0 aliphatic carbocycles. The number of nitrogens with two attached hydrogens (primary N) is 1. The Morgan fingerprint density at radius 3 is 2.24 bits per heavy atom. The maximum absolute atomic E-state index is 12.3. The highest BCUT2D eigenvalue weighted by Gasteiger charge is 1.99. The Hall–Kier alpha value is -2.54. The third kappa shape index (κ3) is 4.81. The van der Waals surface area contributed by atoms with Crippen LogP contribution < -0.4 is 15.9 Å². The molecule has 2 aromatic rings. The highest BCUT2D eigenvalue weighted by Crippen LogP contribution is 2.25. The van der Waals surface area contributed by atoms with E-state index < -0.39 is 6.03 Å². The summed E-state index contributed by atoms with van der Waals surface area (Å²) in [6.07, 6.45) is 1.46. The number of carbonyl (C=O) groups excluding carboxylic acids is 1. The van der Waals surface area contributed by atoms with Crippen molar-refractivity contribution in [3.05, 3.63) is 54.1 Å². The molecule has 0 saturated heterocycles. The van der Waals surface area contributed by atoms with Crippen molar-refractivity contribution in [2.45, 2.75) is 4.90 Å². The standard InChI is InChI=1S/C14H12FN3O2S/c15-21-13-7-5-12(6-8-13)20-11-3-1-10(2-4-11)9-17-18-14(16)19/h1-9H,(H3,16,18,19). The van der Waals surface area contributed by atoms with Crippen LogP contribution in [-0.4, -0.2) is 12.2 Å². The molecule has 2 rings (SSSR count). The summed E-state index contributed by atoms with van der Waals surface area (Å²) >= 11 is 0.186. The third-order valence-corrected chi connectivity index (χ3v) is 2.87. The number of amides is 2. The number of hydrogen-bond donors (Lipinski definition) is 2. The van der Waals surface area contributed by atoms with Gasteiger partial charge in [0.25, 0.3) is 0 Å². The van der Waals surface area contributed by atoms with Gasteiger partial charge in [0.2, 0.25) is 0 Å². The van der Waals surface area contributed by atoms with E-state index in [2.05, 4.69) is 10.5 Å². The first-order chi connectivity index (χ1) is 10.2. The van der Waals surface area contributed by atoms with Gasteiger partial charge in [0.05, 0.1) is 18.4 Å². The number of primary amides is 1. The van der Waals surface area contributed by atoms with E-state index in [-0.39, 0.29) is 12.1 Å². The number of hydrazone groups is 1. The zero-order chi connectivity index (χ0) is 15.1. The Kier molecular flexibility index (Phi) is 5.16. The third-order valence-electron chi connectivity index (χ3n) is 2.42. The van der Waals surface area contributed by atoms with Gasteiger partial charge >= 0.3 is 6.03 Å². The van der Waals surface area contributed by atoms with E-state index in [0.29, 0.717) is 16.4 Å². The molecule has 0 spiro atoms. The Balaban J connectivity index is 1.98. The maximum atomic E-state index is 12.3. The van der Waals surface area contributed by atoms with Crippen molar-refractivity contribution in [1.29, 1.82) is 0 Å². The summed E-state index contributed by atoms with van der Waals surface area (Å²) in [4.78, 5) is 11.0. The van der Waals surface area contributed by atoms with Crippen molar-refractivity contribution < 1.29 is 13.4 Å². The van der Waals surface area contributed by atoms with Crippen LogP contribution in [0.15, 0.2) is 58.5 Å². The number of hydrogen-bond acceptors (Lipinski definition) is 4. The summed E-state index contributed by atoms with van der Waals surface area (Å²) in [7, 11) is 0. The monoisotopic (exact) mass is 305 g/mol. The zero-order valence-electron chi connectivity index (χ0n) is 10.8. The molecule has 3 N–H and O–H groups in total. The van der Waals surface area contributed by atoms with Gasteiger partial charge in [-0.25, -0.2) is 10.2 Å². The highest BCUT2D eigenvalue weighted by molar-refractivity contribution is 7.94. The molecular formula is C14H12FN3O2S. The van der Waals surface area contributed by atoms with Crippen LogP contribution in [0.25, 0.3) is 0 Å². The summed E-state index contributed by atoms with van der Waals surface area (Å²) in [6.45, 7) is 0. The number of halogens is 1. The summed E-state index contributed by atoms with van der Waals surface area (Å²) in [5.74, 6) is 1.25. The largest absolute Gasteiger partial charge is 0.457 e. The number of nitrogens with one attached hydrogen (secondary N) is 1. The van der Waals surface area contributed by atoms with E-state index in [1.807, 2.05) is 0 Å². The van der Waals surface area contributed by atoms with Gasteiger partial charge in [0, 0.05) is 4.90 Å². The molecule has 0 aliphatic rings. The minimum Gasteiger partial charge on any atom is -0.457 e. The fraction of sp³-hybridized carbons (Fsp3) is 0. The van der Waals surface area contributed by atoms with Gasteiger partial charge < -0.3 is 10.5 Å². The van der Waals surface area contributed by atoms with Gasteiger partial charge in [-0.1, -0.05) is 0 Å². The van der Waals surface area contributed by atoms with Gasteiger partial charge in [0.1, 0.15) is 11.5 Å². The zero-order valence-corrected chi connectivity index (χ0v) is 11.6. The lowest BCUT2D eigenvalue weighted by Crippen LogP contribution is -2.24. The molecule has 21 heavy (non-hydrogen) atoms. The molecule has 0 aliphatic heterocycles. The number of ether oxygens (including phenoxy) is 1. The lowest BCUT2D eigenvalue weighted by atomic mass is 10.2. The first kappa shape index (κ1) is 14.9. The Morgan fingerprint density at radius 1 is 1.14 bits per heavy atom. The van der Waals surface area contributed by atoms with Crippen LogP contribution in [0.5, 0.6) is 11.5 Å². The second-order valence-electron chi connectivity index (χ2n) is 3.95. The Labute approximate surface area is 125 Å². The number of urea groups is 1. The van der Waals surface area contributed by atoms with Crippen molar-refractivity contribution in [3.8, 4) is 11.5 Å². The normalized spacial score (nSPS) is 10.5. The van der Waals surface area contributed by atoms with Crippen LogP contribution >= 0.6 is 12.1 Å². The van der Waals surface area contributed by atoms with Crippen molar-refractivity contribution in [2.75, 3.05) is 0 Å². The van der Waals surface area contributed by atoms with Crippen LogP contribution in [0.4, 0.5) is 8.68 Å². The molecule has 5 nitrogen and oxygen atoms in total. The summed E-state index contributed by atoms with van der Waals surface area (Å²) in [5, 5.41) is 3.65. The molecule has 2 amide bonds. The topological polar surface area (TPSA) is 76.7 Å². The van der Waals surface area contributed by atoms with Crippen molar-refractivity contribution >= 4 is 24.4 Å². The highest BCUT2D eigenvalue weighted by atomic mass is 32.2. The first-order valence-corrected chi connectivity index (χ1v) is 6.64. The van der Waals surface area contributed by atoms with Crippen molar-refractivity contribution in [1.82, 2.24) is 5.43 Å². The maximum Gasteiger partial charge on any atom is 0.332 e. The molecule has 0 unspecified atom stereocenters. The van der Waals surface area contributed by atoms with Gasteiger partial charge in [0.15, 0.2) is 0 Å². The fourth-order valence-corrected chi connectivity index (χ4v) is 1.73. The molecular weight excluding hydrogens is 293 g/mol. The van der Waals surface area contributed by atoms with Gasteiger partial charge in [-0.2, -0.15) is 8.99 Å². The second kappa shape index (κ2) is 7.30. The number of carbonyl (C=O) groups is 1. The van der Waals surface area contributed by atoms with Crippen LogP contribution in [0.3, 0.4) is 0 Å². The smallest absolute Gasteiger partial charge is 0.332 e. The molecule has 108 valence electrons. The van der Waals surface area contributed by atoms with Gasteiger partial charge in [-0.15, -0.1) is 0 Å².